The molecule has 0 atom stereocenters. The van der Waals surface area contributed by atoms with Gasteiger partial charge in [0, 0.05) is 22.1 Å². The molecule has 0 saturated carbocycles. The standard InChI is InChI=1S/C24H23NO4S/c1-4-29-24(27)22-21(18-11-6-5-7-12-18)16(2)30-23(22)25-20(26)15-14-17-10-8-9-13-19(17)28-3/h5-15H,4H2,1-3H3,(H,25,26)/b15-14+. The molecule has 0 aliphatic rings. The Kier molecular flexibility index (Phi) is 7.03. The number of carbonyl (C=O) groups is 2. The molecule has 3 aromatic rings. The van der Waals surface area contributed by atoms with Gasteiger partial charge in [0.2, 0.25) is 5.91 Å². The fraction of sp³-hybridized carbons (Fsp3) is 0.167. The van der Waals surface area contributed by atoms with Crippen molar-refractivity contribution in [1.29, 1.82) is 0 Å². The van der Waals surface area contributed by atoms with Crippen molar-refractivity contribution in [1.82, 2.24) is 0 Å². The van der Waals surface area contributed by atoms with Gasteiger partial charge in [0.25, 0.3) is 0 Å². The molecule has 3 rings (SSSR count). The van der Waals surface area contributed by atoms with E-state index >= 15 is 0 Å². The molecule has 30 heavy (non-hydrogen) atoms. The Morgan fingerprint density at radius 2 is 1.77 bits per heavy atom. The summed E-state index contributed by atoms with van der Waals surface area (Å²) >= 11 is 1.36. The minimum atomic E-state index is -0.454. The third-order valence-electron chi connectivity index (χ3n) is 4.42. The van der Waals surface area contributed by atoms with Crippen LogP contribution in [0.25, 0.3) is 17.2 Å². The molecule has 1 N–H and O–H groups in total. The molecule has 1 heterocycles. The van der Waals surface area contributed by atoms with Gasteiger partial charge in [0.1, 0.15) is 16.3 Å². The topological polar surface area (TPSA) is 64.6 Å². The third kappa shape index (κ3) is 4.78. The average Bonchev–Trinajstić information content (AvgIpc) is 3.08. The van der Waals surface area contributed by atoms with Crippen molar-refractivity contribution in [2.24, 2.45) is 0 Å². The zero-order valence-electron chi connectivity index (χ0n) is 17.1. The van der Waals surface area contributed by atoms with E-state index in [4.69, 9.17) is 9.47 Å². The highest BCUT2D eigenvalue weighted by molar-refractivity contribution is 7.17. The monoisotopic (exact) mass is 421 g/mol. The first-order valence-corrected chi connectivity index (χ1v) is 10.3. The smallest absolute Gasteiger partial charge is 0.341 e. The van der Waals surface area contributed by atoms with E-state index in [0.29, 0.717) is 16.3 Å². The Bertz CT molecular complexity index is 1070. The molecule has 0 saturated heterocycles. The Labute approximate surface area is 180 Å². The molecule has 5 nitrogen and oxygen atoms in total. The number of anilines is 1. The van der Waals surface area contributed by atoms with Crippen LogP contribution in [0, 0.1) is 6.92 Å². The molecule has 0 spiro atoms. The number of amides is 1. The summed E-state index contributed by atoms with van der Waals surface area (Å²) in [5.41, 5.74) is 2.85. The van der Waals surface area contributed by atoms with Crippen molar-refractivity contribution in [3.8, 4) is 16.9 Å². The number of carbonyl (C=O) groups excluding carboxylic acids is 2. The number of methoxy groups -OCH3 is 1. The lowest BCUT2D eigenvalue weighted by Gasteiger charge is -2.08. The van der Waals surface area contributed by atoms with E-state index in [0.717, 1.165) is 21.6 Å². The molecule has 0 radical (unpaired) electrons. The van der Waals surface area contributed by atoms with Gasteiger partial charge < -0.3 is 14.8 Å². The number of para-hydroxylation sites is 1. The van der Waals surface area contributed by atoms with Gasteiger partial charge in [-0.15, -0.1) is 11.3 Å². The summed E-state index contributed by atoms with van der Waals surface area (Å²) in [5, 5.41) is 3.31. The molecular formula is C24H23NO4S. The van der Waals surface area contributed by atoms with Crippen LogP contribution in [0.15, 0.2) is 60.7 Å². The third-order valence-corrected chi connectivity index (χ3v) is 5.44. The summed E-state index contributed by atoms with van der Waals surface area (Å²) in [6.45, 7) is 3.94. The van der Waals surface area contributed by atoms with E-state index in [1.54, 1.807) is 20.1 Å². The summed E-state index contributed by atoms with van der Waals surface area (Å²) in [7, 11) is 1.58. The number of benzene rings is 2. The Morgan fingerprint density at radius 3 is 2.47 bits per heavy atom. The van der Waals surface area contributed by atoms with E-state index in [1.165, 1.54) is 17.4 Å². The van der Waals surface area contributed by atoms with E-state index < -0.39 is 5.97 Å². The largest absolute Gasteiger partial charge is 0.496 e. The van der Waals surface area contributed by atoms with Crippen LogP contribution in [0.2, 0.25) is 0 Å². The van der Waals surface area contributed by atoms with Crippen molar-refractivity contribution in [2.45, 2.75) is 13.8 Å². The van der Waals surface area contributed by atoms with Gasteiger partial charge in [-0.1, -0.05) is 48.5 Å². The first-order valence-electron chi connectivity index (χ1n) is 9.53. The van der Waals surface area contributed by atoms with Crippen molar-refractivity contribution in [2.75, 3.05) is 19.0 Å². The normalized spacial score (nSPS) is 10.8. The average molecular weight is 422 g/mol. The van der Waals surface area contributed by atoms with Crippen molar-refractivity contribution >= 4 is 34.3 Å². The van der Waals surface area contributed by atoms with Crippen LogP contribution in [0.3, 0.4) is 0 Å². The van der Waals surface area contributed by atoms with E-state index in [1.807, 2.05) is 61.5 Å². The van der Waals surface area contributed by atoms with Crippen LogP contribution in [0.4, 0.5) is 5.00 Å². The highest BCUT2D eigenvalue weighted by Crippen LogP contribution is 2.40. The lowest BCUT2D eigenvalue weighted by molar-refractivity contribution is -0.111. The van der Waals surface area contributed by atoms with Crippen LogP contribution in [0.5, 0.6) is 5.75 Å². The maximum atomic E-state index is 12.7. The maximum absolute atomic E-state index is 12.7. The number of thiophene rings is 1. The van der Waals surface area contributed by atoms with Crippen LogP contribution in [-0.2, 0) is 9.53 Å². The van der Waals surface area contributed by atoms with Crippen LogP contribution in [0.1, 0.15) is 27.7 Å². The zero-order chi connectivity index (χ0) is 21.5. The first kappa shape index (κ1) is 21.3. The summed E-state index contributed by atoms with van der Waals surface area (Å²) < 4.78 is 10.6. The van der Waals surface area contributed by atoms with E-state index in [2.05, 4.69) is 5.32 Å². The Hall–Kier alpha value is -3.38. The predicted molar refractivity (Wildman–Crippen MR) is 121 cm³/mol. The predicted octanol–water partition coefficient (Wildman–Crippen LogP) is 5.56. The maximum Gasteiger partial charge on any atom is 0.341 e. The van der Waals surface area contributed by atoms with Crippen LogP contribution in [-0.4, -0.2) is 25.6 Å². The highest BCUT2D eigenvalue weighted by atomic mass is 32.1. The molecule has 2 aromatic carbocycles. The highest BCUT2D eigenvalue weighted by Gasteiger charge is 2.25. The van der Waals surface area contributed by atoms with Crippen molar-refractivity contribution < 1.29 is 19.1 Å². The molecule has 0 unspecified atom stereocenters. The van der Waals surface area contributed by atoms with Gasteiger partial charge in [-0.25, -0.2) is 4.79 Å². The second-order valence-corrected chi connectivity index (χ2v) is 7.61. The number of nitrogens with one attached hydrogen (secondary N) is 1. The fourth-order valence-electron chi connectivity index (χ4n) is 3.11. The molecular weight excluding hydrogens is 398 g/mol. The second kappa shape index (κ2) is 9.89. The zero-order valence-corrected chi connectivity index (χ0v) is 17.9. The molecule has 0 aliphatic heterocycles. The molecule has 1 amide bonds. The van der Waals surface area contributed by atoms with Gasteiger partial charge >= 0.3 is 5.97 Å². The van der Waals surface area contributed by atoms with Crippen molar-refractivity contribution in [3.63, 3.8) is 0 Å². The summed E-state index contributed by atoms with van der Waals surface area (Å²) in [6, 6.07) is 17.0. The first-order chi connectivity index (χ1) is 14.5. The van der Waals surface area contributed by atoms with Gasteiger partial charge in [0.15, 0.2) is 0 Å². The fourth-order valence-corrected chi connectivity index (χ4v) is 4.17. The Morgan fingerprint density at radius 1 is 1.07 bits per heavy atom. The number of ether oxygens (including phenoxy) is 2. The molecule has 1 aromatic heterocycles. The molecule has 6 heteroatoms. The second-order valence-electron chi connectivity index (χ2n) is 6.39. The van der Waals surface area contributed by atoms with Gasteiger partial charge in [-0.05, 0) is 31.6 Å². The van der Waals surface area contributed by atoms with E-state index in [-0.39, 0.29) is 12.5 Å². The number of aryl methyl sites for hydroxylation is 1. The number of rotatable bonds is 7. The quantitative estimate of drug-likeness (QED) is 0.401. The molecule has 0 aliphatic carbocycles. The SMILES string of the molecule is CCOC(=O)c1c(NC(=O)/C=C/c2ccccc2OC)sc(C)c1-c1ccccc1. The number of esters is 1. The van der Waals surface area contributed by atoms with Crippen LogP contribution < -0.4 is 10.1 Å². The lowest BCUT2D eigenvalue weighted by Crippen LogP contribution is -2.12. The van der Waals surface area contributed by atoms with Gasteiger partial charge in [0.05, 0.1) is 13.7 Å². The Balaban J connectivity index is 1.93. The summed E-state index contributed by atoms with van der Waals surface area (Å²) in [6.07, 6.45) is 3.10. The summed E-state index contributed by atoms with van der Waals surface area (Å²) in [5.74, 6) is -0.121. The molecule has 0 bridgehead atoms. The molecule has 0 fully saturated rings. The lowest BCUT2D eigenvalue weighted by atomic mass is 10.0. The van der Waals surface area contributed by atoms with Gasteiger partial charge in [-0.2, -0.15) is 0 Å². The molecule has 154 valence electrons. The van der Waals surface area contributed by atoms with Crippen LogP contribution >= 0.6 is 11.3 Å². The summed E-state index contributed by atoms with van der Waals surface area (Å²) in [4.78, 5) is 26.2. The minimum Gasteiger partial charge on any atom is -0.496 e. The van der Waals surface area contributed by atoms with Crippen molar-refractivity contribution in [3.05, 3.63) is 76.7 Å². The van der Waals surface area contributed by atoms with Gasteiger partial charge in [-0.3, -0.25) is 4.79 Å². The van der Waals surface area contributed by atoms with E-state index in [9.17, 15) is 9.59 Å². The number of hydrogen-bond donors (Lipinski definition) is 1. The number of hydrogen-bond acceptors (Lipinski definition) is 5. The minimum absolute atomic E-state index is 0.253.